The second-order valence-electron chi connectivity index (χ2n) is 6.86. The maximum Gasteiger partial charge on any atom is 0.278 e. The highest BCUT2D eigenvalue weighted by Gasteiger charge is 2.18. The van der Waals surface area contributed by atoms with E-state index in [0.29, 0.717) is 16.2 Å². The number of halogens is 1. The number of anilines is 1. The third kappa shape index (κ3) is 4.33. The zero-order chi connectivity index (χ0) is 20.4. The van der Waals surface area contributed by atoms with Gasteiger partial charge in [-0.2, -0.15) is 0 Å². The van der Waals surface area contributed by atoms with Gasteiger partial charge in [0.2, 0.25) is 5.91 Å². The lowest BCUT2D eigenvalue weighted by atomic mass is 10.2. The molecule has 0 fully saturated rings. The molecule has 6 nitrogen and oxygen atoms in total. The Balaban J connectivity index is 1.84. The number of carbonyl (C=O) groups is 1. The monoisotopic (exact) mass is 462 g/mol. The Labute approximate surface area is 176 Å². The van der Waals surface area contributed by atoms with Gasteiger partial charge in [0.1, 0.15) is 5.52 Å². The first-order valence-corrected chi connectivity index (χ1v) is 10.9. The average Bonchev–Trinajstić information content (AvgIpc) is 3.02. The fraction of sp³-hybridized carbons (Fsp3) is 0.350. The number of aromatic nitrogens is 3. The lowest BCUT2D eigenvalue weighted by molar-refractivity contribution is -0.113. The van der Waals surface area contributed by atoms with Crippen molar-refractivity contribution in [3.8, 4) is 0 Å². The van der Waals surface area contributed by atoms with Crippen molar-refractivity contribution in [1.29, 1.82) is 0 Å². The highest BCUT2D eigenvalue weighted by atomic mass is 79.9. The number of thioether (sulfide) groups is 1. The molecule has 0 bridgehead atoms. The van der Waals surface area contributed by atoms with Crippen LogP contribution in [0.4, 0.5) is 5.69 Å². The molecule has 148 valence electrons. The molecular formula is C20H23BrN4O2S. The maximum absolute atomic E-state index is 12.9. The van der Waals surface area contributed by atoms with Crippen LogP contribution in [0.5, 0.6) is 0 Å². The molecule has 0 spiro atoms. The van der Waals surface area contributed by atoms with E-state index in [4.69, 9.17) is 0 Å². The van der Waals surface area contributed by atoms with E-state index in [-0.39, 0.29) is 23.3 Å². The predicted octanol–water partition coefficient (Wildman–Crippen LogP) is 4.81. The molecule has 8 heteroatoms. The van der Waals surface area contributed by atoms with Crippen LogP contribution in [-0.2, 0) is 4.79 Å². The molecule has 1 amide bonds. The van der Waals surface area contributed by atoms with Crippen LogP contribution in [0.25, 0.3) is 11.0 Å². The molecule has 1 unspecified atom stereocenters. The Hall–Kier alpha value is -2.06. The highest BCUT2D eigenvalue weighted by molar-refractivity contribution is 9.10. The first-order chi connectivity index (χ1) is 13.3. The number of carbonyl (C=O) groups excluding carboxylic acids is 1. The third-order valence-corrected chi connectivity index (χ3v) is 6.16. The third-order valence-electron chi connectivity index (χ3n) is 4.55. The average molecular weight is 463 g/mol. The Morgan fingerprint density at radius 2 is 2.11 bits per heavy atom. The number of aromatic amines is 1. The van der Waals surface area contributed by atoms with Gasteiger partial charge in [0.25, 0.3) is 5.56 Å². The number of nitrogens with one attached hydrogen (secondary N) is 2. The van der Waals surface area contributed by atoms with Gasteiger partial charge in [-0.3, -0.25) is 14.2 Å². The minimum atomic E-state index is -0.148. The summed E-state index contributed by atoms with van der Waals surface area (Å²) in [5, 5.41) is 3.46. The van der Waals surface area contributed by atoms with Gasteiger partial charge in [-0.25, -0.2) is 4.98 Å². The summed E-state index contributed by atoms with van der Waals surface area (Å²) in [5.41, 5.74) is 3.76. The lowest BCUT2D eigenvalue weighted by Crippen LogP contribution is -2.26. The van der Waals surface area contributed by atoms with Crippen molar-refractivity contribution in [2.45, 2.75) is 45.3 Å². The number of rotatable bonds is 6. The van der Waals surface area contributed by atoms with E-state index in [0.717, 1.165) is 27.8 Å². The number of amides is 1. The summed E-state index contributed by atoms with van der Waals surface area (Å²) in [6.07, 6.45) is 0.794. The van der Waals surface area contributed by atoms with Crippen molar-refractivity contribution in [2.24, 2.45) is 0 Å². The number of aryl methyl sites for hydroxylation is 2. The standard InChI is InChI=1S/C20H23BrN4O2S/c1-5-13(4)25-19(27)18-16(9-12(3)22-18)24-20(25)28-10-17(26)23-15-7-6-11(2)8-14(15)21/h6-9,13,22H,5,10H2,1-4H3,(H,23,26). The van der Waals surface area contributed by atoms with Gasteiger partial charge in [-0.05, 0) is 66.9 Å². The first kappa shape index (κ1) is 20.7. The molecular weight excluding hydrogens is 440 g/mol. The number of hydrogen-bond donors (Lipinski definition) is 2. The van der Waals surface area contributed by atoms with Gasteiger partial charge in [-0.1, -0.05) is 24.8 Å². The fourth-order valence-electron chi connectivity index (χ4n) is 2.90. The summed E-state index contributed by atoms with van der Waals surface area (Å²) in [4.78, 5) is 33.1. The predicted molar refractivity (Wildman–Crippen MR) is 118 cm³/mol. The van der Waals surface area contributed by atoms with Crippen LogP contribution in [0.1, 0.15) is 37.6 Å². The second kappa shape index (κ2) is 8.53. The minimum absolute atomic E-state index is 0.00943. The molecule has 3 aromatic rings. The van der Waals surface area contributed by atoms with Crippen LogP contribution in [0, 0.1) is 13.8 Å². The maximum atomic E-state index is 12.9. The number of hydrogen-bond acceptors (Lipinski definition) is 4. The fourth-order valence-corrected chi connectivity index (χ4v) is 4.39. The molecule has 2 N–H and O–H groups in total. The van der Waals surface area contributed by atoms with Crippen LogP contribution >= 0.6 is 27.7 Å². The molecule has 2 aromatic heterocycles. The van der Waals surface area contributed by atoms with Crippen molar-refractivity contribution >= 4 is 50.3 Å². The smallest absolute Gasteiger partial charge is 0.278 e. The topological polar surface area (TPSA) is 79.8 Å². The van der Waals surface area contributed by atoms with Crippen LogP contribution in [0.3, 0.4) is 0 Å². The van der Waals surface area contributed by atoms with E-state index in [1.165, 1.54) is 11.8 Å². The molecule has 0 aliphatic carbocycles. The summed E-state index contributed by atoms with van der Waals surface area (Å²) < 4.78 is 2.52. The van der Waals surface area contributed by atoms with Crippen LogP contribution in [0.15, 0.2) is 38.7 Å². The quantitative estimate of drug-likeness (QED) is 0.406. The molecule has 0 saturated carbocycles. The van der Waals surface area contributed by atoms with E-state index in [9.17, 15) is 9.59 Å². The van der Waals surface area contributed by atoms with Crippen LogP contribution < -0.4 is 10.9 Å². The van der Waals surface area contributed by atoms with E-state index in [1.54, 1.807) is 4.57 Å². The first-order valence-electron chi connectivity index (χ1n) is 9.10. The van der Waals surface area contributed by atoms with Crippen LogP contribution in [-0.4, -0.2) is 26.2 Å². The van der Waals surface area contributed by atoms with Crippen molar-refractivity contribution in [3.05, 3.63) is 50.3 Å². The van der Waals surface area contributed by atoms with Crippen molar-refractivity contribution in [3.63, 3.8) is 0 Å². The van der Waals surface area contributed by atoms with E-state index in [1.807, 2.05) is 52.0 Å². The number of benzene rings is 1. The molecule has 1 aromatic carbocycles. The van der Waals surface area contributed by atoms with Gasteiger partial charge in [0, 0.05) is 16.2 Å². The molecule has 3 rings (SSSR count). The number of fused-ring (bicyclic) bond motifs is 1. The largest absolute Gasteiger partial charge is 0.353 e. The van der Waals surface area contributed by atoms with Crippen molar-refractivity contribution in [2.75, 3.05) is 11.1 Å². The summed E-state index contributed by atoms with van der Waals surface area (Å²) in [5.74, 6) is 0.0165. The SMILES string of the molecule is CCC(C)n1c(SCC(=O)Nc2ccc(C)cc2Br)nc2cc(C)[nH]c2c1=O. The highest BCUT2D eigenvalue weighted by Crippen LogP contribution is 2.25. The van der Waals surface area contributed by atoms with Gasteiger partial charge in [0.15, 0.2) is 5.16 Å². The van der Waals surface area contributed by atoms with Crippen molar-refractivity contribution < 1.29 is 4.79 Å². The zero-order valence-corrected chi connectivity index (χ0v) is 18.7. The lowest BCUT2D eigenvalue weighted by Gasteiger charge is -2.17. The molecule has 0 saturated heterocycles. The molecule has 2 heterocycles. The van der Waals surface area contributed by atoms with E-state index in [2.05, 4.69) is 31.2 Å². The van der Waals surface area contributed by atoms with Gasteiger partial charge in [0.05, 0.1) is 17.0 Å². The molecule has 28 heavy (non-hydrogen) atoms. The number of H-pyrrole nitrogens is 1. The molecule has 1 atom stereocenters. The van der Waals surface area contributed by atoms with Gasteiger partial charge < -0.3 is 10.3 Å². The Bertz CT molecular complexity index is 1090. The van der Waals surface area contributed by atoms with Crippen LogP contribution in [0.2, 0.25) is 0 Å². The Morgan fingerprint density at radius 1 is 1.36 bits per heavy atom. The Kier molecular flexibility index (Phi) is 6.30. The summed E-state index contributed by atoms with van der Waals surface area (Å²) >= 11 is 4.74. The Morgan fingerprint density at radius 3 is 2.79 bits per heavy atom. The van der Waals surface area contributed by atoms with E-state index >= 15 is 0 Å². The molecule has 0 aliphatic heterocycles. The van der Waals surface area contributed by atoms with Crippen molar-refractivity contribution in [1.82, 2.24) is 14.5 Å². The number of nitrogens with zero attached hydrogens (tertiary/aromatic N) is 2. The second-order valence-corrected chi connectivity index (χ2v) is 8.66. The minimum Gasteiger partial charge on any atom is -0.353 e. The normalized spacial score (nSPS) is 12.3. The molecule has 0 radical (unpaired) electrons. The molecule has 0 aliphatic rings. The summed E-state index contributed by atoms with van der Waals surface area (Å²) in [7, 11) is 0. The van der Waals surface area contributed by atoms with E-state index < -0.39 is 0 Å². The zero-order valence-electron chi connectivity index (χ0n) is 16.3. The van der Waals surface area contributed by atoms with Gasteiger partial charge in [-0.15, -0.1) is 0 Å². The van der Waals surface area contributed by atoms with Gasteiger partial charge >= 0.3 is 0 Å². The summed E-state index contributed by atoms with van der Waals surface area (Å²) in [6.45, 7) is 7.90. The summed E-state index contributed by atoms with van der Waals surface area (Å²) in [6, 6.07) is 7.60.